The first kappa shape index (κ1) is 24.4. The highest BCUT2D eigenvalue weighted by Crippen LogP contribution is 2.27. The van der Waals surface area contributed by atoms with E-state index in [-0.39, 0.29) is 23.0 Å². The predicted octanol–water partition coefficient (Wildman–Crippen LogP) is 2.48. The van der Waals surface area contributed by atoms with Gasteiger partial charge >= 0.3 is 0 Å². The van der Waals surface area contributed by atoms with Crippen LogP contribution in [0.2, 0.25) is 0 Å². The van der Waals surface area contributed by atoms with Crippen LogP contribution in [0.3, 0.4) is 0 Å². The van der Waals surface area contributed by atoms with Gasteiger partial charge in [0.25, 0.3) is 11.8 Å². The molecule has 0 aliphatic heterocycles. The normalized spacial score (nSPS) is 11.3. The number of nitrogens with one attached hydrogen (secondary N) is 3. The number of benzene rings is 2. The summed E-state index contributed by atoms with van der Waals surface area (Å²) in [6, 6.07) is 8.64. The highest BCUT2D eigenvalue weighted by molar-refractivity contribution is 7.89. The van der Waals surface area contributed by atoms with Gasteiger partial charge in [-0.2, -0.15) is 0 Å². The van der Waals surface area contributed by atoms with Gasteiger partial charge in [0.15, 0.2) is 6.61 Å². The van der Waals surface area contributed by atoms with Crippen LogP contribution in [-0.4, -0.2) is 33.9 Å². The number of hydrazine groups is 1. The van der Waals surface area contributed by atoms with Gasteiger partial charge in [0.2, 0.25) is 10.0 Å². The number of aryl methyl sites for hydroxylation is 2. The molecule has 0 heterocycles. The summed E-state index contributed by atoms with van der Waals surface area (Å²) in [5, 5.41) is 0. The minimum absolute atomic E-state index is 0.00970. The minimum atomic E-state index is -3.73. The Labute approximate surface area is 183 Å². The smallest absolute Gasteiger partial charge is 0.276 e. The average molecular weight is 448 g/mol. The SMILES string of the molecule is CNS(=O)(=O)c1cc(C(=O)NNC(=O)COc2cc(C)ccc2C(C)C)cc(C)c1C. The molecule has 0 aliphatic rings. The molecule has 31 heavy (non-hydrogen) atoms. The lowest BCUT2D eigenvalue weighted by Crippen LogP contribution is -2.44. The summed E-state index contributed by atoms with van der Waals surface area (Å²) in [5.74, 6) is -0.335. The maximum atomic E-state index is 12.5. The van der Waals surface area contributed by atoms with Crippen molar-refractivity contribution in [2.75, 3.05) is 13.7 Å². The highest BCUT2D eigenvalue weighted by atomic mass is 32.2. The van der Waals surface area contributed by atoms with E-state index in [2.05, 4.69) is 15.6 Å². The van der Waals surface area contributed by atoms with E-state index in [9.17, 15) is 18.0 Å². The highest BCUT2D eigenvalue weighted by Gasteiger charge is 2.20. The molecule has 0 saturated carbocycles. The van der Waals surface area contributed by atoms with Gasteiger partial charge in [0.1, 0.15) is 5.75 Å². The molecule has 0 aromatic heterocycles. The van der Waals surface area contributed by atoms with E-state index in [0.717, 1.165) is 11.1 Å². The molecular formula is C22H29N3O5S. The third-order valence-electron chi connectivity index (χ3n) is 4.91. The van der Waals surface area contributed by atoms with E-state index < -0.39 is 21.8 Å². The van der Waals surface area contributed by atoms with Gasteiger partial charge in [0, 0.05) is 5.56 Å². The van der Waals surface area contributed by atoms with Crippen LogP contribution in [-0.2, 0) is 14.8 Å². The van der Waals surface area contributed by atoms with Gasteiger partial charge in [0.05, 0.1) is 4.90 Å². The monoisotopic (exact) mass is 447 g/mol. The van der Waals surface area contributed by atoms with Gasteiger partial charge in [-0.15, -0.1) is 0 Å². The van der Waals surface area contributed by atoms with E-state index in [1.807, 2.05) is 39.0 Å². The number of carbonyl (C=O) groups excluding carboxylic acids is 2. The molecule has 168 valence electrons. The van der Waals surface area contributed by atoms with Crippen molar-refractivity contribution in [3.05, 3.63) is 58.1 Å². The Morgan fingerprint density at radius 1 is 1.03 bits per heavy atom. The van der Waals surface area contributed by atoms with Crippen LogP contribution < -0.4 is 20.3 Å². The zero-order valence-corrected chi connectivity index (χ0v) is 19.4. The molecule has 2 amide bonds. The van der Waals surface area contributed by atoms with Gasteiger partial charge in [-0.3, -0.25) is 20.4 Å². The average Bonchev–Trinajstić information content (AvgIpc) is 2.71. The van der Waals surface area contributed by atoms with Gasteiger partial charge < -0.3 is 4.74 Å². The first-order valence-corrected chi connectivity index (χ1v) is 11.3. The molecule has 9 heteroatoms. The number of sulfonamides is 1. The van der Waals surface area contributed by atoms with Crippen molar-refractivity contribution in [3.8, 4) is 5.75 Å². The Balaban J connectivity index is 2.05. The van der Waals surface area contributed by atoms with Gasteiger partial charge in [-0.1, -0.05) is 26.0 Å². The Morgan fingerprint density at radius 3 is 2.32 bits per heavy atom. The van der Waals surface area contributed by atoms with Crippen LogP contribution in [0.15, 0.2) is 35.2 Å². The van der Waals surface area contributed by atoms with E-state index in [1.54, 1.807) is 19.9 Å². The first-order chi connectivity index (χ1) is 14.5. The van der Waals surface area contributed by atoms with Crippen molar-refractivity contribution in [2.24, 2.45) is 0 Å². The Bertz CT molecular complexity index is 1090. The van der Waals surface area contributed by atoms with Crippen LogP contribution in [0.1, 0.15) is 52.4 Å². The second-order valence-corrected chi connectivity index (χ2v) is 9.47. The largest absolute Gasteiger partial charge is 0.483 e. The van der Waals surface area contributed by atoms with E-state index in [1.165, 1.54) is 13.1 Å². The number of ether oxygens (including phenoxy) is 1. The maximum Gasteiger partial charge on any atom is 0.276 e. The van der Waals surface area contributed by atoms with Crippen LogP contribution in [0, 0.1) is 20.8 Å². The lowest BCUT2D eigenvalue weighted by molar-refractivity contribution is -0.123. The number of hydrogen-bond donors (Lipinski definition) is 3. The van der Waals surface area contributed by atoms with Crippen LogP contribution in [0.25, 0.3) is 0 Å². The standard InChI is InChI=1S/C22H29N3O5S/c1-13(2)18-8-7-14(3)9-19(18)30-12-21(26)24-25-22(27)17-10-15(4)16(5)20(11-17)31(28,29)23-6/h7-11,13,23H,12H2,1-6H3,(H,24,26)(H,25,27). The van der Waals surface area contributed by atoms with Crippen LogP contribution in [0.5, 0.6) is 5.75 Å². The molecule has 2 rings (SSSR count). The lowest BCUT2D eigenvalue weighted by Gasteiger charge is -2.15. The second kappa shape index (κ2) is 9.93. The third kappa shape index (κ3) is 6.05. The fourth-order valence-electron chi connectivity index (χ4n) is 2.97. The summed E-state index contributed by atoms with van der Waals surface area (Å²) < 4.78 is 32.3. The van der Waals surface area contributed by atoms with E-state index in [4.69, 9.17) is 4.74 Å². The summed E-state index contributed by atoms with van der Waals surface area (Å²) in [4.78, 5) is 24.6. The molecule has 8 nitrogen and oxygen atoms in total. The number of carbonyl (C=O) groups is 2. The summed E-state index contributed by atoms with van der Waals surface area (Å²) in [6.07, 6.45) is 0. The quantitative estimate of drug-likeness (QED) is 0.565. The molecule has 2 aromatic carbocycles. The van der Waals surface area contributed by atoms with Crippen LogP contribution >= 0.6 is 0 Å². The summed E-state index contributed by atoms with van der Waals surface area (Å²) in [5.41, 5.74) is 7.87. The Hall–Kier alpha value is -2.91. The molecule has 3 N–H and O–H groups in total. The zero-order valence-electron chi connectivity index (χ0n) is 18.6. The van der Waals surface area contributed by atoms with Crippen molar-refractivity contribution in [1.82, 2.24) is 15.6 Å². The summed E-state index contributed by atoms with van der Waals surface area (Å²) >= 11 is 0. The number of amides is 2. The third-order valence-corrected chi connectivity index (χ3v) is 6.45. The summed E-state index contributed by atoms with van der Waals surface area (Å²) in [6.45, 7) is 9.09. The molecule has 0 radical (unpaired) electrons. The molecule has 0 saturated heterocycles. The van der Waals surface area contributed by atoms with Crippen molar-refractivity contribution in [2.45, 2.75) is 45.4 Å². The van der Waals surface area contributed by atoms with E-state index >= 15 is 0 Å². The van der Waals surface area contributed by atoms with E-state index in [0.29, 0.717) is 16.9 Å². The van der Waals surface area contributed by atoms with Crippen LogP contribution in [0.4, 0.5) is 0 Å². The maximum absolute atomic E-state index is 12.5. The second-order valence-electron chi connectivity index (χ2n) is 7.61. The van der Waals surface area contributed by atoms with Gasteiger partial charge in [-0.05, 0) is 74.2 Å². The number of rotatable bonds is 7. The molecule has 0 fully saturated rings. The van der Waals surface area contributed by atoms with Crippen molar-refractivity contribution < 1.29 is 22.7 Å². The van der Waals surface area contributed by atoms with Crippen molar-refractivity contribution >= 4 is 21.8 Å². The number of hydrogen-bond acceptors (Lipinski definition) is 5. The molecule has 0 atom stereocenters. The lowest BCUT2D eigenvalue weighted by atomic mass is 10.0. The summed E-state index contributed by atoms with van der Waals surface area (Å²) in [7, 11) is -2.43. The molecule has 0 bridgehead atoms. The molecule has 0 spiro atoms. The fourth-order valence-corrected chi connectivity index (χ4v) is 4.03. The van der Waals surface area contributed by atoms with Crippen molar-refractivity contribution in [1.29, 1.82) is 0 Å². The van der Waals surface area contributed by atoms with Gasteiger partial charge in [-0.25, -0.2) is 13.1 Å². The minimum Gasteiger partial charge on any atom is -0.483 e. The molecule has 0 unspecified atom stereocenters. The predicted molar refractivity (Wildman–Crippen MR) is 119 cm³/mol. The fraction of sp³-hybridized carbons (Fsp3) is 0.364. The molecule has 0 aliphatic carbocycles. The van der Waals surface area contributed by atoms with Crippen molar-refractivity contribution in [3.63, 3.8) is 0 Å². The molecule has 2 aromatic rings. The topological polar surface area (TPSA) is 114 Å². The zero-order chi connectivity index (χ0) is 23.3. The molecular weight excluding hydrogens is 418 g/mol. The Kier molecular flexibility index (Phi) is 7.80. The Morgan fingerprint density at radius 2 is 1.71 bits per heavy atom. The first-order valence-electron chi connectivity index (χ1n) is 9.83.